The van der Waals surface area contributed by atoms with Gasteiger partial charge in [0, 0.05) is 18.4 Å². The topological polar surface area (TPSA) is 64.1 Å². The Labute approximate surface area is 114 Å². The van der Waals surface area contributed by atoms with Crippen molar-refractivity contribution in [1.29, 1.82) is 0 Å². The number of rotatable bonds is 4. The zero-order chi connectivity index (χ0) is 14.3. The number of carbonyl (C=O) groups is 1. The van der Waals surface area contributed by atoms with Crippen LogP contribution < -0.4 is 5.32 Å². The summed E-state index contributed by atoms with van der Waals surface area (Å²) in [7, 11) is 0. The zero-order valence-electron chi connectivity index (χ0n) is 11.9. The fourth-order valence-electron chi connectivity index (χ4n) is 1.36. The van der Waals surface area contributed by atoms with Crippen molar-refractivity contribution in [3.8, 4) is 0 Å². The number of nitrogens with zero attached hydrogens (tertiary/aromatic N) is 2. The fraction of sp³-hybridized carbons (Fsp3) is 0.500. The van der Waals surface area contributed by atoms with E-state index in [2.05, 4.69) is 15.3 Å². The lowest BCUT2D eigenvalue weighted by atomic mass is 10.2. The van der Waals surface area contributed by atoms with Crippen molar-refractivity contribution in [2.75, 3.05) is 0 Å². The number of carbonyl (C=O) groups excluding carboxylic acids is 1. The van der Waals surface area contributed by atoms with Crippen molar-refractivity contribution in [2.24, 2.45) is 0 Å². The molecule has 0 saturated heterocycles. The van der Waals surface area contributed by atoms with Gasteiger partial charge in [-0.3, -0.25) is 9.97 Å². The highest BCUT2D eigenvalue weighted by Gasteiger charge is 2.16. The van der Waals surface area contributed by atoms with Crippen LogP contribution in [0.1, 0.15) is 39.8 Å². The van der Waals surface area contributed by atoms with Crippen molar-refractivity contribution >= 4 is 12.2 Å². The van der Waals surface area contributed by atoms with Gasteiger partial charge in [0.2, 0.25) is 0 Å². The fourth-order valence-corrected chi connectivity index (χ4v) is 1.36. The number of hydrogen-bond acceptors (Lipinski definition) is 4. The molecule has 0 bridgehead atoms. The van der Waals surface area contributed by atoms with Gasteiger partial charge in [0.25, 0.3) is 0 Å². The molecule has 104 valence electrons. The van der Waals surface area contributed by atoms with Crippen molar-refractivity contribution in [2.45, 2.75) is 45.8 Å². The van der Waals surface area contributed by atoms with Crippen LogP contribution >= 0.6 is 0 Å². The van der Waals surface area contributed by atoms with Crippen molar-refractivity contribution in [3.05, 3.63) is 30.4 Å². The molecule has 0 saturated carbocycles. The molecule has 1 N–H and O–H groups in total. The second kappa shape index (κ2) is 6.87. The molecule has 0 aliphatic carbocycles. The minimum Gasteiger partial charge on any atom is -0.444 e. The van der Waals surface area contributed by atoms with E-state index in [9.17, 15) is 4.79 Å². The zero-order valence-corrected chi connectivity index (χ0v) is 11.9. The van der Waals surface area contributed by atoms with Crippen LogP contribution in [0.25, 0.3) is 6.08 Å². The van der Waals surface area contributed by atoms with E-state index in [1.165, 1.54) is 0 Å². The maximum absolute atomic E-state index is 11.5. The largest absolute Gasteiger partial charge is 0.444 e. The van der Waals surface area contributed by atoms with E-state index >= 15 is 0 Å². The molecule has 1 amide bonds. The molecular formula is C14H21N3O2. The predicted molar refractivity (Wildman–Crippen MR) is 74.5 cm³/mol. The van der Waals surface area contributed by atoms with E-state index in [0.29, 0.717) is 6.42 Å². The first-order valence-electron chi connectivity index (χ1n) is 6.29. The summed E-state index contributed by atoms with van der Waals surface area (Å²) in [6.07, 6.45) is 9.09. The van der Waals surface area contributed by atoms with Crippen LogP contribution in [0.3, 0.4) is 0 Å². The minimum atomic E-state index is -0.473. The van der Waals surface area contributed by atoms with Gasteiger partial charge >= 0.3 is 6.09 Å². The normalized spacial score (nSPS) is 13.3. The molecule has 1 atom stereocenters. The third-order valence-electron chi connectivity index (χ3n) is 2.12. The van der Waals surface area contributed by atoms with E-state index in [-0.39, 0.29) is 6.04 Å². The highest BCUT2D eigenvalue weighted by Crippen LogP contribution is 2.07. The number of alkyl carbamates (subject to hydrolysis) is 1. The smallest absolute Gasteiger partial charge is 0.407 e. The van der Waals surface area contributed by atoms with Gasteiger partial charge in [-0.15, -0.1) is 0 Å². The van der Waals surface area contributed by atoms with Gasteiger partial charge in [-0.05, 0) is 40.2 Å². The molecule has 0 aromatic carbocycles. The molecule has 0 aliphatic rings. The first-order chi connectivity index (χ1) is 8.87. The summed E-state index contributed by atoms with van der Waals surface area (Å²) in [5.74, 6) is 0. The van der Waals surface area contributed by atoms with E-state index in [1.54, 1.807) is 18.6 Å². The summed E-state index contributed by atoms with van der Waals surface area (Å²) in [5, 5.41) is 2.77. The van der Waals surface area contributed by atoms with Crippen molar-refractivity contribution < 1.29 is 9.53 Å². The van der Waals surface area contributed by atoms with E-state index in [1.807, 2.05) is 39.8 Å². The Morgan fingerprint density at radius 2 is 2.21 bits per heavy atom. The third kappa shape index (κ3) is 7.18. The summed E-state index contributed by atoms with van der Waals surface area (Å²) in [6.45, 7) is 7.44. The Morgan fingerprint density at radius 1 is 1.47 bits per heavy atom. The number of ether oxygens (including phenoxy) is 1. The van der Waals surface area contributed by atoms with E-state index in [4.69, 9.17) is 4.74 Å². The van der Waals surface area contributed by atoms with E-state index in [0.717, 1.165) is 5.69 Å². The molecule has 0 aliphatic heterocycles. The van der Waals surface area contributed by atoms with Crippen LogP contribution in [-0.4, -0.2) is 27.7 Å². The van der Waals surface area contributed by atoms with Gasteiger partial charge in [0.15, 0.2) is 0 Å². The predicted octanol–water partition coefficient (Wildman–Crippen LogP) is 2.79. The Bertz CT molecular complexity index is 424. The first kappa shape index (κ1) is 15.1. The quantitative estimate of drug-likeness (QED) is 0.907. The maximum Gasteiger partial charge on any atom is 0.407 e. The summed E-state index contributed by atoms with van der Waals surface area (Å²) >= 11 is 0. The molecule has 5 nitrogen and oxygen atoms in total. The summed E-state index contributed by atoms with van der Waals surface area (Å²) < 4.78 is 5.18. The molecule has 0 spiro atoms. The Balaban J connectivity index is 2.34. The molecule has 5 heteroatoms. The molecule has 1 unspecified atom stereocenters. The van der Waals surface area contributed by atoms with Crippen LogP contribution in [-0.2, 0) is 4.74 Å². The van der Waals surface area contributed by atoms with Crippen molar-refractivity contribution in [3.63, 3.8) is 0 Å². The molecule has 1 rings (SSSR count). The standard InChI is InChI=1S/C14H21N3O2/c1-11(17-13(18)19-14(2,3)4)6-5-7-12-10-15-8-9-16-12/h5,7-11H,6H2,1-4H3,(H,17,18). The Hall–Kier alpha value is -1.91. The molecular weight excluding hydrogens is 242 g/mol. The summed E-state index contributed by atoms with van der Waals surface area (Å²) in [5.41, 5.74) is 0.325. The number of aromatic nitrogens is 2. The van der Waals surface area contributed by atoms with Crippen LogP contribution in [0.2, 0.25) is 0 Å². The molecule has 1 aromatic rings. The molecule has 1 heterocycles. The monoisotopic (exact) mass is 263 g/mol. The summed E-state index contributed by atoms with van der Waals surface area (Å²) in [4.78, 5) is 19.6. The van der Waals surface area contributed by atoms with Gasteiger partial charge in [0.05, 0.1) is 11.9 Å². The number of nitrogens with one attached hydrogen (secondary N) is 1. The molecule has 0 fully saturated rings. The summed E-state index contributed by atoms with van der Waals surface area (Å²) in [6, 6.07) is 0.00257. The van der Waals surface area contributed by atoms with Crippen LogP contribution in [0.15, 0.2) is 24.7 Å². The lowest BCUT2D eigenvalue weighted by Gasteiger charge is -2.21. The molecule has 19 heavy (non-hydrogen) atoms. The van der Waals surface area contributed by atoms with Gasteiger partial charge < -0.3 is 10.1 Å². The maximum atomic E-state index is 11.5. The van der Waals surface area contributed by atoms with Crippen LogP contribution in [0.4, 0.5) is 4.79 Å². The third-order valence-corrected chi connectivity index (χ3v) is 2.12. The van der Waals surface area contributed by atoms with Crippen LogP contribution in [0, 0.1) is 0 Å². The second-order valence-electron chi connectivity index (χ2n) is 5.32. The van der Waals surface area contributed by atoms with Crippen LogP contribution in [0.5, 0.6) is 0 Å². The highest BCUT2D eigenvalue weighted by atomic mass is 16.6. The first-order valence-corrected chi connectivity index (χ1v) is 6.29. The Kier molecular flexibility index (Phi) is 5.48. The van der Waals surface area contributed by atoms with E-state index < -0.39 is 11.7 Å². The number of hydrogen-bond donors (Lipinski definition) is 1. The molecule has 1 aromatic heterocycles. The minimum absolute atomic E-state index is 0.00257. The highest BCUT2D eigenvalue weighted by molar-refractivity contribution is 5.68. The average Bonchev–Trinajstić information content (AvgIpc) is 2.27. The lowest BCUT2D eigenvalue weighted by Crippen LogP contribution is -2.37. The van der Waals surface area contributed by atoms with Gasteiger partial charge in [-0.25, -0.2) is 4.79 Å². The Morgan fingerprint density at radius 3 is 2.79 bits per heavy atom. The molecule has 0 radical (unpaired) electrons. The SMILES string of the molecule is CC(CC=Cc1cnccn1)NC(=O)OC(C)(C)C. The van der Waals surface area contributed by atoms with Crippen molar-refractivity contribution in [1.82, 2.24) is 15.3 Å². The number of amides is 1. The van der Waals surface area contributed by atoms with Gasteiger partial charge in [0.1, 0.15) is 5.60 Å². The lowest BCUT2D eigenvalue weighted by molar-refractivity contribution is 0.0509. The average molecular weight is 263 g/mol. The second-order valence-corrected chi connectivity index (χ2v) is 5.32. The van der Waals surface area contributed by atoms with Gasteiger partial charge in [-0.1, -0.05) is 6.08 Å². The van der Waals surface area contributed by atoms with Gasteiger partial charge in [-0.2, -0.15) is 0 Å².